The monoisotopic (exact) mass is 441 g/mol. The molecule has 0 radical (unpaired) electrons. The predicted molar refractivity (Wildman–Crippen MR) is 140 cm³/mol. The van der Waals surface area contributed by atoms with Gasteiger partial charge in [-0.05, 0) is 55.8 Å². The van der Waals surface area contributed by atoms with E-state index in [1.807, 2.05) is 0 Å². The minimum atomic E-state index is 0.503. The molecule has 1 fully saturated rings. The Morgan fingerprint density at radius 2 is 1.70 bits per heavy atom. The molecule has 2 aromatic heterocycles. The number of aromatic nitrogens is 2. The average molecular weight is 442 g/mol. The van der Waals surface area contributed by atoms with Gasteiger partial charge in [0.05, 0.1) is 5.52 Å². The first-order chi connectivity index (χ1) is 16.1. The molecule has 5 heteroatoms. The maximum Gasteiger partial charge on any atom is 0.128 e. The van der Waals surface area contributed by atoms with Gasteiger partial charge in [0, 0.05) is 68.0 Å². The number of hydrogen-bond donors (Lipinski definition) is 2. The summed E-state index contributed by atoms with van der Waals surface area (Å²) >= 11 is 0. The van der Waals surface area contributed by atoms with E-state index >= 15 is 0 Å². The molecule has 172 valence electrons. The molecule has 2 aromatic carbocycles. The van der Waals surface area contributed by atoms with Crippen molar-refractivity contribution in [3.05, 3.63) is 66.4 Å². The summed E-state index contributed by atoms with van der Waals surface area (Å²) in [4.78, 5) is 7.06. The first kappa shape index (κ1) is 21.8. The van der Waals surface area contributed by atoms with E-state index < -0.39 is 0 Å². The van der Waals surface area contributed by atoms with Gasteiger partial charge >= 0.3 is 0 Å². The number of rotatable bonds is 7. The maximum absolute atomic E-state index is 4.89. The fourth-order valence-corrected chi connectivity index (χ4v) is 5.30. The summed E-state index contributed by atoms with van der Waals surface area (Å²) in [6.07, 6.45) is 7.18. The molecule has 33 heavy (non-hydrogen) atoms. The van der Waals surface area contributed by atoms with E-state index in [2.05, 4.69) is 102 Å². The van der Waals surface area contributed by atoms with Gasteiger partial charge in [0.25, 0.3) is 0 Å². The first-order valence-electron chi connectivity index (χ1n) is 12.2. The van der Waals surface area contributed by atoms with Gasteiger partial charge in [0.1, 0.15) is 5.82 Å². The van der Waals surface area contributed by atoms with E-state index in [0.29, 0.717) is 6.04 Å². The fourth-order valence-electron chi connectivity index (χ4n) is 5.30. The van der Waals surface area contributed by atoms with Gasteiger partial charge in [0.15, 0.2) is 0 Å². The molecular weight excluding hydrogens is 406 g/mol. The topological polar surface area (TPSA) is 45.1 Å². The minimum absolute atomic E-state index is 0.503. The lowest BCUT2D eigenvalue weighted by Crippen LogP contribution is -2.31. The molecule has 2 heterocycles. The van der Waals surface area contributed by atoms with Crippen LogP contribution in [-0.2, 0) is 13.6 Å². The summed E-state index contributed by atoms with van der Waals surface area (Å²) < 4.78 is 2.23. The van der Waals surface area contributed by atoms with Gasteiger partial charge in [0.2, 0.25) is 0 Å². The number of benzene rings is 2. The number of para-hydroxylation sites is 2. The number of pyridine rings is 1. The summed E-state index contributed by atoms with van der Waals surface area (Å²) in [7, 11) is 6.33. The number of anilines is 2. The third kappa shape index (κ3) is 4.69. The Bertz CT molecular complexity index is 1230. The molecule has 5 nitrogen and oxygen atoms in total. The molecule has 1 aliphatic rings. The molecule has 0 spiro atoms. The summed E-state index contributed by atoms with van der Waals surface area (Å²) in [5.41, 5.74) is 4.97. The Hall–Kier alpha value is -3.05. The lowest BCUT2D eigenvalue weighted by atomic mass is 9.86. The van der Waals surface area contributed by atoms with Crippen LogP contribution in [0.5, 0.6) is 0 Å². The molecule has 0 unspecified atom stereocenters. The largest absolute Gasteiger partial charge is 0.377 e. The van der Waals surface area contributed by atoms with Crippen LogP contribution in [-0.4, -0.2) is 36.2 Å². The molecule has 1 saturated carbocycles. The Balaban J connectivity index is 1.15. The minimum Gasteiger partial charge on any atom is -0.377 e. The van der Waals surface area contributed by atoms with Crippen molar-refractivity contribution in [1.29, 1.82) is 0 Å². The lowest BCUT2D eigenvalue weighted by molar-refractivity contribution is 0.324. The number of aryl methyl sites for hydroxylation is 1. The molecule has 5 rings (SSSR count). The van der Waals surface area contributed by atoms with Gasteiger partial charge in [-0.2, -0.15) is 0 Å². The van der Waals surface area contributed by atoms with Crippen LogP contribution in [0.2, 0.25) is 0 Å². The molecule has 1 aliphatic carbocycles. The summed E-state index contributed by atoms with van der Waals surface area (Å²) in [5.74, 6) is 1.75. The second-order valence-corrected chi connectivity index (χ2v) is 9.71. The van der Waals surface area contributed by atoms with Crippen molar-refractivity contribution < 1.29 is 0 Å². The fraction of sp³-hybridized carbons (Fsp3) is 0.393. The molecule has 0 aliphatic heterocycles. The Morgan fingerprint density at radius 3 is 2.48 bits per heavy atom. The molecule has 0 saturated heterocycles. The van der Waals surface area contributed by atoms with Crippen molar-refractivity contribution >= 4 is 33.3 Å². The Morgan fingerprint density at radius 1 is 0.970 bits per heavy atom. The van der Waals surface area contributed by atoms with Crippen molar-refractivity contribution in [2.75, 3.05) is 30.9 Å². The third-order valence-corrected chi connectivity index (χ3v) is 7.10. The van der Waals surface area contributed by atoms with Crippen LogP contribution in [0.25, 0.3) is 21.8 Å². The van der Waals surface area contributed by atoms with E-state index in [1.54, 1.807) is 0 Å². The summed E-state index contributed by atoms with van der Waals surface area (Å²) in [6, 6.07) is 19.8. The van der Waals surface area contributed by atoms with Crippen molar-refractivity contribution in [3.8, 4) is 0 Å². The van der Waals surface area contributed by atoms with Crippen LogP contribution in [0, 0.1) is 5.92 Å². The quantitative estimate of drug-likeness (QED) is 0.394. The molecule has 0 atom stereocenters. The molecule has 0 amide bonds. The molecular formula is C28H35N5. The molecule has 2 N–H and O–H groups in total. The van der Waals surface area contributed by atoms with E-state index in [9.17, 15) is 0 Å². The van der Waals surface area contributed by atoms with Crippen LogP contribution >= 0.6 is 0 Å². The van der Waals surface area contributed by atoms with E-state index in [0.717, 1.165) is 30.3 Å². The highest BCUT2D eigenvalue weighted by Crippen LogP contribution is 2.30. The van der Waals surface area contributed by atoms with Crippen molar-refractivity contribution in [1.82, 2.24) is 14.9 Å². The number of hydrogen-bond acceptors (Lipinski definition) is 4. The van der Waals surface area contributed by atoms with E-state index in [-0.39, 0.29) is 0 Å². The lowest BCUT2D eigenvalue weighted by Gasteiger charge is -2.30. The van der Waals surface area contributed by atoms with Crippen LogP contribution in [0.4, 0.5) is 11.5 Å². The Kier molecular flexibility index (Phi) is 6.23. The van der Waals surface area contributed by atoms with Crippen molar-refractivity contribution in [3.63, 3.8) is 0 Å². The Labute approximate surface area is 196 Å². The van der Waals surface area contributed by atoms with Gasteiger partial charge < -0.3 is 20.1 Å². The zero-order valence-electron chi connectivity index (χ0n) is 20.0. The summed E-state index contributed by atoms with van der Waals surface area (Å²) in [6.45, 7) is 2.03. The molecule has 4 aromatic rings. The van der Waals surface area contributed by atoms with Crippen molar-refractivity contribution in [2.45, 2.75) is 38.3 Å². The predicted octanol–water partition coefficient (Wildman–Crippen LogP) is 5.55. The zero-order chi connectivity index (χ0) is 22.8. The number of nitrogens with zero attached hydrogens (tertiary/aromatic N) is 3. The van der Waals surface area contributed by atoms with Gasteiger partial charge in [-0.3, -0.25) is 0 Å². The van der Waals surface area contributed by atoms with Crippen LogP contribution in [0.3, 0.4) is 0 Å². The average Bonchev–Trinajstić information content (AvgIpc) is 3.15. The highest BCUT2D eigenvalue weighted by atomic mass is 15.1. The van der Waals surface area contributed by atoms with Gasteiger partial charge in [-0.25, -0.2) is 4.98 Å². The second-order valence-electron chi connectivity index (χ2n) is 9.71. The third-order valence-electron chi connectivity index (χ3n) is 7.10. The zero-order valence-corrected chi connectivity index (χ0v) is 20.0. The highest BCUT2D eigenvalue weighted by molar-refractivity contribution is 5.93. The number of fused-ring (bicyclic) bond motifs is 2. The van der Waals surface area contributed by atoms with Crippen molar-refractivity contribution in [2.24, 2.45) is 13.0 Å². The SMILES string of the molecule is CN(C)c1cc(NC2CCC(CNCc3cn(C)c4ccccc34)CC2)nc2ccccc12. The van der Waals surface area contributed by atoms with E-state index in [1.165, 1.54) is 53.2 Å². The summed E-state index contributed by atoms with van der Waals surface area (Å²) in [5, 5.41) is 10.0. The normalized spacial score (nSPS) is 18.6. The van der Waals surface area contributed by atoms with Gasteiger partial charge in [-0.15, -0.1) is 0 Å². The van der Waals surface area contributed by atoms with Crippen LogP contribution < -0.4 is 15.5 Å². The standard InChI is InChI=1S/C28H35N5/c1-32(2)27-16-28(31-25-10-6-4-9-24(25)27)30-22-14-12-20(13-15-22)17-29-18-21-19-33(3)26-11-7-5-8-23(21)26/h4-11,16,19-20,22,29H,12-15,17-18H2,1-3H3,(H,30,31). The molecule has 0 bridgehead atoms. The highest BCUT2D eigenvalue weighted by Gasteiger charge is 2.22. The van der Waals surface area contributed by atoms with Gasteiger partial charge in [-0.1, -0.05) is 36.4 Å². The van der Waals surface area contributed by atoms with E-state index in [4.69, 9.17) is 4.98 Å². The second kappa shape index (κ2) is 9.44. The van der Waals surface area contributed by atoms with Crippen LogP contribution in [0.15, 0.2) is 60.8 Å². The first-order valence-corrected chi connectivity index (χ1v) is 12.2. The van der Waals surface area contributed by atoms with Crippen LogP contribution in [0.1, 0.15) is 31.2 Å². The maximum atomic E-state index is 4.89. The smallest absolute Gasteiger partial charge is 0.128 e. The number of nitrogens with one attached hydrogen (secondary N) is 2.